The van der Waals surface area contributed by atoms with E-state index in [1.54, 1.807) is 25.1 Å². The van der Waals surface area contributed by atoms with Crippen molar-refractivity contribution in [3.63, 3.8) is 0 Å². The number of hydrogen-bond acceptors (Lipinski definition) is 3. The van der Waals surface area contributed by atoms with E-state index in [-0.39, 0.29) is 11.9 Å². The number of amides is 3. The van der Waals surface area contributed by atoms with E-state index in [0.717, 1.165) is 10.4 Å². The van der Waals surface area contributed by atoms with Crippen LogP contribution in [0.2, 0.25) is 5.02 Å². The molecular formula is C17H16ClN3O2S. The number of thiophene rings is 1. The number of allylic oxidation sites excluding steroid dienone is 1. The quantitative estimate of drug-likeness (QED) is 0.774. The zero-order valence-corrected chi connectivity index (χ0v) is 14.7. The highest BCUT2D eigenvalue weighted by Gasteiger charge is 2.31. The zero-order chi connectivity index (χ0) is 17.3. The summed E-state index contributed by atoms with van der Waals surface area (Å²) in [5.41, 5.74) is 2.46. The lowest BCUT2D eigenvalue weighted by molar-refractivity contribution is -0.113. The summed E-state index contributed by atoms with van der Waals surface area (Å²) in [6.07, 6.45) is 0. The SMILES string of the molecule is CC1=C(C(=O)Nc2cccc(Cl)c2C)C(c2cccs2)NC(=O)N1. The third-order valence-electron chi connectivity index (χ3n) is 3.86. The minimum absolute atomic E-state index is 0.274. The van der Waals surface area contributed by atoms with Crippen LogP contribution in [0, 0.1) is 6.92 Å². The average Bonchev–Trinajstić information content (AvgIpc) is 3.05. The summed E-state index contributed by atoms with van der Waals surface area (Å²) in [7, 11) is 0. The maximum absolute atomic E-state index is 12.9. The van der Waals surface area contributed by atoms with Gasteiger partial charge in [-0.25, -0.2) is 4.79 Å². The van der Waals surface area contributed by atoms with Crippen LogP contribution in [0.1, 0.15) is 23.4 Å². The van der Waals surface area contributed by atoms with Crippen LogP contribution in [0.3, 0.4) is 0 Å². The van der Waals surface area contributed by atoms with Crippen molar-refractivity contribution in [3.8, 4) is 0 Å². The molecule has 0 saturated heterocycles. The van der Waals surface area contributed by atoms with Crippen molar-refractivity contribution in [3.05, 3.63) is 62.4 Å². The van der Waals surface area contributed by atoms with E-state index in [1.807, 2.05) is 24.4 Å². The molecule has 1 aliphatic heterocycles. The molecule has 1 aliphatic rings. The van der Waals surface area contributed by atoms with Crippen LogP contribution >= 0.6 is 22.9 Å². The van der Waals surface area contributed by atoms with Gasteiger partial charge >= 0.3 is 6.03 Å². The molecule has 0 saturated carbocycles. The maximum Gasteiger partial charge on any atom is 0.319 e. The van der Waals surface area contributed by atoms with Gasteiger partial charge in [0.2, 0.25) is 0 Å². The van der Waals surface area contributed by atoms with Crippen LogP contribution in [0.5, 0.6) is 0 Å². The standard InChI is InChI=1S/C17H16ClN3O2S/c1-9-11(18)5-3-6-12(9)20-16(22)14-10(2)19-17(23)21-15(14)13-7-4-8-24-13/h3-8,15H,1-2H3,(H,20,22)(H2,19,21,23). The van der Waals surface area contributed by atoms with E-state index >= 15 is 0 Å². The van der Waals surface area contributed by atoms with E-state index in [4.69, 9.17) is 11.6 Å². The summed E-state index contributed by atoms with van der Waals surface area (Å²) in [5, 5.41) is 10.9. The Kier molecular flexibility index (Phi) is 4.59. The number of rotatable bonds is 3. The second-order valence-electron chi connectivity index (χ2n) is 5.45. The average molecular weight is 362 g/mol. The Morgan fingerprint density at radius 3 is 2.75 bits per heavy atom. The Hall–Kier alpha value is -2.31. The first-order valence-electron chi connectivity index (χ1n) is 7.35. The van der Waals surface area contributed by atoms with Crippen molar-refractivity contribution < 1.29 is 9.59 Å². The van der Waals surface area contributed by atoms with E-state index in [2.05, 4.69) is 16.0 Å². The van der Waals surface area contributed by atoms with Crippen LogP contribution in [0.15, 0.2) is 47.0 Å². The van der Waals surface area contributed by atoms with E-state index in [1.165, 1.54) is 11.3 Å². The number of anilines is 1. The van der Waals surface area contributed by atoms with Gasteiger partial charge in [-0.1, -0.05) is 23.7 Å². The second kappa shape index (κ2) is 6.67. The first-order chi connectivity index (χ1) is 11.5. The molecule has 7 heteroatoms. The Balaban J connectivity index is 1.95. The van der Waals surface area contributed by atoms with Gasteiger partial charge in [-0.15, -0.1) is 11.3 Å². The van der Waals surface area contributed by atoms with Gasteiger partial charge in [0, 0.05) is 21.3 Å². The molecule has 124 valence electrons. The largest absolute Gasteiger partial charge is 0.326 e. The van der Waals surface area contributed by atoms with E-state index in [0.29, 0.717) is 22.0 Å². The number of carbonyl (C=O) groups excluding carboxylic acids is 2. The lowest BCUT2D eigenvalue weighted by atomic mass is 10.0. The van der Waals surface area contributed by atoms with E-state index < -0.39 is 6.04 Å². The van der Waals surface area contributed by atoms with E-state index in [9.17, 15) is 9.59 Å². The molecule has 1 unspecified atom stereocenters. The molecule has 2 heterocycles. The summed E-state index contributed by atoms with van der Waals surface area (Å²) in [4.78, 5) is 25.6. The first kappa shape index (κ1) is 16.5. The molecular weight excluding hydrogens is 346 g/mol. The van der Waals surface area contributed by atoms with Crippen molar-refractivity contribution in [1.29, 1.82) is 0 Å². The number of nitrogens with one attached hydrogen (secondary N) is 3. The minimum Gasteiger partial charge on any atom is -0.326 e. The van der Waals surface area contributed by atoms with Crippen molar-refractivity contribution >= 4 is 40.6 Å². The second-order valence-corrected chi connectivity index (χ2v) is 6.84. The highest BCUT2D eigenvalue weighted by Crippen LogP contribution is 2.31. The zero-order valence-electron chi connectivity index (χ0n) is 13.1. The summed E-state index contributed by atoms with van der Waals surface area (Å²) in [6, 6.07) is 8.34. The molecule has 1 aromatic carbocycles. The number of urea groups is 1. The fourth-order valence-electron chi connectivity index (χ4n) is 2.60. The molecule has 2 aromatic rings. The van der Waals surface area contributed by atoms with Crippen molar-refractivity contribution in [2.45, 2.75) is 19.9 Å². The molecule has 0 fully saturated rings. The van der Waals surface area contributed by atoms with Gasteiger partial charge in [-0.3, -0.25) is 4.79 Å². The lowest BCUT2D eigenvalue weighted by Crippen LogP contribution is -2.45. The van der Waals surface area contributed by atoms with Crippen LogP contribution in [-0.2, 0) is 4.79 Å². The fraction of sp³-hybridized carbons (Fsp3) is 0.176. The number of benzene rings is 1. The molecule has 24 heavy (non-hydrogen) atoms. The fourth-order valence-corrected chi connectivity index (χ4v) is 3.56. The van der Waals surface area contributed by atoms with Gasteiger partial charge in [0.25, 0.3) is 5.91 Å². The summed E-state index contributed by atoms with van der Waals surface area (Å²) in [5.74, 6) is -0.274. The van der Waals surface area contributed by atoms with Crippen LogP contribution in [0.25, 0.3) is 0 Å². The lowest BCUT2D eigenvalue weighted by Gasteiger charge is -2.27. The van der Waals surface area contributed by atoms with Crippen LogP contribution in [-0.4, -0.2) is 11.9 Å². The molecule has 0 radical (unpaired) electrons. The highest BCUT2D eigenvalue weighted by molar-refractivity contribution is 7.10. The predicted octanol–water partition coefficient (Wildman–Crippen LogP) is 3.98. The third kappa shape index (κ3) is 3.16. The summed E-state index contributed by atoms with van der Waals surface area (Å²) >= 11 is 7.60. The van der Waals surface area contributed by atoms with Crippen molar-refractivity contribution in [2.24, 2.45) is 0 Å². The molecule has 3 rings (SSSR count). The van der Waals surface area contributed by atoms with Gasteiger partial charge in [-0.2, -0.15) is 0 Å². The maximum atomic E-state index is 12.9. The Morgan fingerprint density at radius 2 is 2.04 bits per heavy atom. The molecule has 0 aliphatic carbocycles. The number of hydrogen-bond donors (Lipinski definition) is 3. The Labute approximate surface area is 148 Å². The van der Waals surface area contributed by atoms with Gasteiger partial charge in [0.1, 0.15) is 0 Å². The smallest absolute Gasteiger partial charge is 0.319 e. The molecule has 1 atom stereocenters. The van der Waals surface area contributed by atoms with Crippen LogP contribution in [0.4, 0.5) is 10.5 Å². The van der Waals surface area contributed by atoms with Crippen molar-refractivity contribution in [1.82, 2.24) is 10.6 Å². The Bertz CT molecular complexity index is 830. The van der Waals surface area contributed by atoms with Gasteiger partial charge in [0.05, 0.1) is 11.6 Å². The third-order valence-corrected chi connectivity index (χ3v) is 5.20. The summed E-state index contributed by atoms with van der Waals surface area (Å²) < 4.78 is 0. The number of halogens is 1. The van der Waals surface area contributed by atoms with Gasteiger partial charge < -0.3 is 16.0 Å². The molecule has 3 amide bonds. The predicted molar refractivity (Wildman–Crippen MR) is 96.2 cm³/mol. The summed E-state index contributed by atoms with van der Waals surface area (Å²) in [6.45, 7) is 3.57. The van der Waals surface area contributed by atoms with Crippen LogP contribution < -0.4 is 16.0 Å². The highest BCUT2D eigenvalue weighted by atomic mass is 35.5. The molecule has 0 spiro atoms. The molecule has 1 aromatic heterocycles. The van der Waals surface area contributed by atoms with Gasteiger partial charge in [-0.05, 0) is 43.0 Å². The molecule has 3 N–H and O–H groups in total. The monoisotopic (exact) mass is 361 g/mol. The minimum atomic E-state index is -0.474. The molecule has 5 nitrogen and oxygen atoms in total. The number of carbonyl (C=O) groups is 2. The first-order valence-corrected chi connectivity index (χ1v) is 8.61. The molecule has 0 bridgehead atoms. The topological polar surface area (TPSA) is 70.2 Å². The van der Waals surface area contributed by atoms with Gasteiger partial charge in [0.15, 0.2) is 0 Å². The normalized spacial score (nSPS) is 17.3. The Morgan fingerprint density at radius 1 is 1.25 bits per heavy atom. The van der Waals surface area contributed by atoms with Crippen molar-refractivity contribution in [2.75, 3.05) is 5.32 Å².